The molecule has 0 amide bonds. The number of hydrogen-bond donors (Lipinski definition) is 1. The molecule has 1 saturated heterocycles. The van der Waals surface area contributed by atoms with E-state index in [4.69, 9.17) is 4.52 Å². The van der Waals surface area contributed by atoms with Crippen LogP contribution in [0, 0.1) is 5.92 Å². The van der Waals surface area contributed by atoms with E-state index in [1.54, 1.807) is 6.92 Å². The van der Waals surface area contributed by atoms with Gasteiger partial charge in [-0.15, -0.1) is 0 Å². The summed E-state index contributed by atoms with van der Waals surface area (Å²) in [6, 6.07) is 0. The Balaban J connectivity index is 2.31. The normalized spacial score (nSPS) is 34.4. The highest BCUT2D eigenvalue weighted by Gasteiger charge is 2.50. The monoisotopic (exact) mass is 352 g/mol. The van der Waals surface area contributed by atoms with Gasteiger partial charge in [0.1, 0.15) is 5.60 Å². The molecular weight excluding hydrogens is 330 g/mol. The van der Waals surface area contributed by atoms with Crippen LogP contribution in [0.2, 0.25) is 0 Å². The second-order valence-corrected chi connectivity index (χ2v) is 9.04. The number of phosphoric ester groups is 2. The van der Waals surface area contributed by atoms with E-state index in [0.29, 0.717) is 0 Å². The fourth-order valence-corrected chi connectivity index (χ4v) is 5.30. The van der Waals surface area contributed by atoms with Crippen LogP contribution in [0.15, 0.2) is 22.3 Å². The fourth-order valence-electron chi connectivity index (χ4n) is 2.73. The van der Waals surface area contributed by atoms with Gasteiger partial charge in [-0.25, -0.2) is 9.13 Å². The van der Waals surface area contributed by atoms with E-state index in [0.717, 1.165) is 22.3 Å². The first-order valence-electron chi connectivity index (χ1n) is 6.91. The van der Waals surface area contributed by atoms with Gasteiger partial charge in [0.05, 0.1) is 0 Å². The Bertz CT molecular complexity index is 643. The molecule has 1 fully saturated rings. The van der Waals surface area contributed by atoms with Crippen molar-refractivity contribution in [1.82, 2.24) is 0 Å². The average molecular weight is 352 g/mol. The molecule has 1 N–H and O–H groups in total. The smallest absolute Gasteiger partial charge is 0.302 e. The summed E-state index contributed by atoms with van der Waals surface area (Å²) in [4.78, 5) is 9.95. The third-order valence-electron chi connectivity index (χ3n) is 4.87. The summed E-state index contributed by atoms with van der Waals surface area (Å²) in [5.74, 6) is -0.149. The van der Waals surface area contributed by atoms with Crippen molar-refractivity contribution in [3.8, 4) is 0 Å². The molecule has 1 aliphatic carbocycles. The van der Waals surface area contributed by atoms with E-state index in [1.807, 2.05) is 34.6 Å². The maximum Gasteiger partial charge on any atom is 0.488 e. The van der Waals surface area contributed by atoms with Gasteiger partial charge in [-0.3, -0.25) is 13.6 Å². The van der Waals surface area contributed by atoms with Crippen LogP contribution in [0.4, 0.5) is 0 Å². The van der Waals surface area contributed by atoms with Crippen LogP contribution < -0.4 is 0 Å². The van der Waals surface area contributed by atoms with Gasteiger partial charge >= 0.3 is 15.6 Å². The maximum atomic E-state index is 12.2. The predicted octanol–water partition coefficient (Wildman–Crippen LogP) is 4.31. The highest BCUT2D eigenvalue weighted by molar-refractivity contribution is 7.62. The lowest BCUT2D eigenvalue weighted by Gasteiger charge is -2.43. The molecule has 0 aromatic heterocycles. The van der Waals surface area contributed by atoms with E-state index in [1.165, 1.54) is 0 Å². The molecular formula is C13H22O7P2. The molecule has 0 saturated carbocycles. The molecule has 3 atom stereocenters. The SMILES string of the molecule is CC1=C(C)C(C)C(C)(OP(=O)(O)OP2(=O)OCO2)C(C)=C1C. The number of allylic oxidation sites excluding steroid dienone is 2. The van der Waals surface area contributed by atoms with Gasteiger partial charge in [0.15, 0.2) is 6.79 Å². The van der Waals surface area contributed by atoms with Crippen LogP contribution in [-0.2, 0) is 27.0 Å². The molecule has 126 valence electrons. The van der Waals surface area contributed by atoms with Gasteiger partial charge in [-0.05, 0) is 51.3 Å². The molecule has 0 spiro atoms. The lowest BCUT2D eigenvalue weighted by Crippen LogP contribution is -2.40. The van der Waals surface area contributed by atoms with Gasteiger partial charge in [-0.2, -0.15) is 4.31 Å². The lowest BCUT2D eigenvalue weighted by molar-refractivity contribution is -0.0335. The van der Waals surface area contributed by atoms with Gasteiger partial charge in [0.2, 0.25) is 0 Å². The van der Waals surface area contributed by atoms with Gasteiger partial charge in [0, 0.05) is 5.92 Å². The van der Waals surface area contributed by atoms with Crippen molar-refractivity contribution in [3.63, 3.8) is 0 Å². The minimum Gasteiger partial charge on any atom is -0.302 e. The third-order valence-corrected chi connectivity index (χ3v) is 7.95. The van der Waals surface area contributed by atoms with E-state index < -0.39 is 21.2 Å². The van der Waals surface area contributed by atoms with Crippen LogP contribution >= 0.6 is 15.6 Å². The predicted molar refractivity (Wildman–Crippen MR) is 81.0 cm³/mol. The van der Waals surface area contributed by atoms with Crippen molar-refractivity contribution in [2.24, 2.45) is 5.92 Å². The summed E-state index contributed by atoms with van der Waals surface area (Å²) >= 11 is 0. The summed E-state index contributed by atoms with van der Waals surface area (Å²) in [5.41, 5.74) is 2.98. The zero-order valence-electron chi connectivity index (χ0n) is 13.6. The quantitative estimate of drug-likeness (QED) is 0.754. The maximum absolute atomic E-state index is 12.2. The first-order chi connectivity index (χ1) is 9.92. The molecule has 0 radical (unpaired) electrons. The summed E-state index contributed by atoms with van der Waals surface area (Å²) in [5, 5.41) is 0. The molecule has 3 unspecified atom stereocenters. The molecule has 1 aliphatic heterocycles. The molecule has 0 aromatic carbocycles. The van der Waals surface area contributed by atoms with Crippen molar-refractivity contribution in [2.75, 3.05) is 6.79 Å². The standard InChI is InChI=1S/C13H22O7P2/c1-8-9(2)11(4)13(6,12(5)10(8)3)19-21(14,15)20-22(16)17-7-18-22/h11H,7H2,1-6H3,(H,14,15). The van der Waals surface area contributed by atoms with Crippen LogP contribution in [-0.4, -0.2) is 17.3 Å². The average Bonchev–Trinajstić information content (AvgIpc) is 2.38. The molecule has 2 aliphatic rings. The summed E-state index contributed by atoms with van der Waals surface area (Å²) in [7, 11) is -8.59. The third kappa shape index (κ3) is 3.04. The molecule has 7 nitrogen and oxygen atoms in total. The van der Waals surface area contributed by atoms with Crippen molar-refractivity contribution in [1.29, 1.82) is 0 Å². The van der Waals surface area contributed by atoms with E-state index >= 15 is 0 Å². The number of rotatable bonds is 4. The Kier molecular flexibility index (Phi) is 4.66. The van der Waals surface area contributed by atoms with Crippen LogP contribution in [0.1, 0.15) is 41.5 Å². The van der Waals surface area contributed by atoms with Crippen molar-refractivity contribution in [2.45, 2.75) is 47.1 Å². The molecule has 0 aromatic rings. The zero-order valence-corrected chi connectivity index (χ0v) is 15.4. The van der Waals surface area contributed by atoms with E-state index in [9.17, 15) is 14.0 Å². The Morgan fingerprint density at radius 1 is 1.27 bits per heavy atom. The van der Waals surface area contributed by atoms with Crippen LogP contribution in [0.5, 0.6) is 0 Å². The molecule has 0 bridgehead atoms. The van der Waals surface area contributed by atoms with Gasteiger partial charge in [0.25, 0.3) is 0 Å². The second-order valence-electron chi connectivity index (χ2n) is 5.85. The minimum absolute atomic E-state index is 0.149. The Morgan fingerprint density at radius 3 is 2.27 bits per heavy atom. The summed E-state index contributed by atoms with van der Waals surface area (Å²) in [6.07, 6.45) is 0. The van der Waals surface area contributed by atoms with Crippen LogP contribution in [0.3, 0.4) is 0 Å². The molecule has 9 heteroatoms. The fraction of sp³-hybridized carbons (Fsp3) is 0.692. The topological polar surface area (TPSA) is 91.3 Å². The largest absolute Gasteiger partial charge is 0.488 e. The molecule has 22 heavy (non-hydrogen) atoms. The lowest BCUT2D eigenvalue weighted by atomic mass is 9.71. The highest BCUT2D eigenvalue weighted by atomic mass is 31.3. The highest BCUT2D eigenvalue weighted by Crippen LogP contribution is 2.69. The second kappa shape index (κ2) is 5.67. The number of hydrogen-bond acceptors (Lipinski definition) is 6. The molecule has 2 rings (SSSR count). The van der Waals surface area contributed by atoms with Crippen molar-refractivity contribution >= 4 is 15.6 Å². The van der Waals surface area contributed by atoms with E-state index in [2.05, 4.69) is 13.4 Å². The Labute approximate surface area is 130 Å². The van der Waals surface area contributed by atoms with Gasteiger partial charge < -0.3 is 4.89 Å². The van der Waals surface area contributed by atoms with Crippen molar-refractivity contribution < 1.29 is 31.9 Å². The van der Waals surface area contributed by atoms with E-state index in [-0.39, 0.29) is 12.7 Å². The van der Waals surface area contributed by atoms with Crippen molar-refractivity contribution in [3.05, 3.63) is 22.3 Å². The number of phosphoric acid groups is 2. The summed E-state index contributed by atoms with van der Waals surface area (Å²) < 4.78 is 43.0. The zero-order chi connectivity index (χ0) is 16.9. The first-order valence-corrected chi connectivity index (χ1v) is 9.87. The summed E-state index contributed by atoms with van der Waals surface area (Å²) in [6.45, 7) is 11.1. The minimum atomic E-state index is -4.63. The Hall–Kier alpha value is -0.260. The first kappa shape index (κ1) is 18.1. The Morgan fingerprint density at radius 2 is 1.82 bits per heavy atom. The molecule has 1 heterocycles. The van der Waals surface area contributed by atoms with Gasteiger partial charge in [-0.1, -0.05) is 12.5 Å². The van der Waals surface area contributed by atoms with Crippen LogP contribution in [0.25, 0.3) is 0 Å².